The van der Waals surface area contributed by atoms with Crippen molar-refractivity contribution in [2.24, 2.45) is 0 Å². The summed E-state index contributed by atoms with van der Waals surface area (Å²) in [5.74, 6) is -1.45. The molecule has 1 heterocycles. The lowest BCUT2D eigenvalue weighted by Crippen LogP contribution is -2.35. The highest BCUT2D eigenvalue weighted by atomic mass is 19.1. The topological polar surface area (TPSA) is 64.4 Å². The Bertz CT molecular complexity index is 758. The molecule has 2 aromatic rings. The number of aromatic nitrogens is 2. The smallest absolute Gasteiger partial charge is 0.357 e. The van der Waals surface area contributed by atoms with Crippen LogP contribution in [0.3, 0.4) is 0 Å². The number of carbonyl (C=O) groups excluding carboxylic acids is 2. The Labute approximate surface area is 144 Å². The van der Waals surface area contributed by atoms with Crippen LogP contribution in [0.5, 0.6) is 0 Å². The number of nitrogens with zero attached hydrogens (tertiary/aromatic N) is 3. The average Bonchev–Trinajstić information content (AvgIpc) is 3.09. The molecule has 0 unspecified atom stereocenters. The molecular weight excluding hydrogens is 325 g/mol. The molecule has 0 aliphatic heterocycles. The van der Waals surface area contributed by atoms with Crippen LogP contribution < -0.4 is 0 Å². The van der Waals surface area contributed by atoms with Crippen LogP contribution in [0.15, 0.2) is 62.1 Å². The van der Waals surface area contributed by atoms with Gasteiger partial charge in [-0.3, -0.25) is 9.36 Å². The first kappa shape index (κ1) is 18.1. The summed E-state index contributed by atoms with van der Waals surface area (Å²) in [6.07, 6.45) is 5.88. The van der Waals surface area contributed by atoms with Gasteiger partial charge in [0.25, 0.3) is 5.91 Å². The summed E-state index contributed by atoms with van der Waals surface area (Å²) in [4.78, 5) is 29.7. The van der Waals surface area contributed by atoms with Crippen LogP contribution in [0.25, 0.3) is 5.69 Å². The molecule has 0 aliphatic carbocycles. The molecule has 2 rings (SSSR count). The van der Waals surface area contributed by atoms with Gasteiger partial charge in [0.15, 0.2) is 12.3 Å². The van der Waals surface area contributed by atoms with Gasteiger partial charge in [-0.15, -0.1) is 13.2 Å². The van der Waals surface area contributed by atoms with Crippen molar-refractivity contribution in [3.63, 3.8) is 0 Å². The number of esters is 1. The number of rotatable bonds is 8. The molecule has 0 N–H and O–H groups in total. The third-order valence-electron chi connectivity index (χ3n) is 3.33. The van der Waals surface area contributed by atoms with Crippen LogP contribution >= 0.6 is 0 Å². The van der Waals surface area contributed by atoms with Crippen LogP contribution in [-0.2, 0) is 9.53 Å². The van der Waals surface area contributed by atoms with Crippen LogP contribution in [0.1, 0.15) is 10.5 Å². The second kappa shape index (κ2) is 8.58. The lowest BCUT2D eigenvalue weighted by atomic mass is 10.3. The SMILES string of the molecule is C=CCN(CC=C)C(=O)COC(=O)c1cncn1-c1ccc(F)cc1. The number of carbonyl (C=O) groups is 2. The van der Waals surface area contributed by atoms with Crippen molar-refractivity contribution in [2.45, 2.75) is 0 Å². The zero-order valence-electron chi connectivity index (χ0n) is 13.6. The number of ether oxygens (including phenoxy) is 1. The molecule has 0 bridgehead atoms. The largest absolute Gasteiger partial charge is 0.451 e. The van der Waals surface area contributed by atoms with E-state index in [1.807, 2.05) is 0 Å². The number of halogens is 1. The lowest BCUT2D eigenvalue weighted by Gasteiger charge is -2.19. The van der Waals surface area contributed by atoms with Crippen molar-refractivity contribution in [1.29, 1.82) is 0 Å². The van der Waals surface area contributed by atoms with Crippen LogP contribution in [0, 0.1) is 5.82 Å². The van der Waals surface area contributed by atoms with Gasteiger partial charge in [-0.1, -0.05) is 12.2 Å². The molecule has 0 saturated carbocycles. The molecule has 0 radical (unpaired) electrons. The summed E-state index contributed by atoms with van der Waals surface area (Å²) in [6, 6.07) is 5.57. The molecule has 25 heavy (non-hydrogen) atoms. The van der Waals surface area contributed by atoms with Crippen molar-refractivity contribution in [1.82, 2.24) is 14.5 Å². The second-order valence-electron chi connectivity index (χ2n) is 5.08. The molecule has 0 atom stereocenters. The van der Waals surface area contributed by atoms with E-state index in [-0.39, 0.29) is 17.4 Å². The van der Waals surface area contributed by atoms with Gasteiger partial charge in [0.05, 0.1) is 12.5 Å². The summed E-state index contributed by atoms with van der Waals surface area (Å²) >= 11 is 0. The number of amides is 1. The Morgan fingerprint density at radius 1 is 1.20 bits per heavy atom. The maximum atomic E-state index is 13.0. The van der Waals surface area contributed by atoms with E-state index in [1.54, 1.807) is 12.2 Å². The van der Waals surface area contributed by atoms with Gasteiger partial charge in [0.2, 0.25) is 0 Å². The van der Waals surface area contributed by atoms with Crippen molar-refractivity contribution in [2.75, 3.05) is 19.7 Å². The zero-order chi connectivity index (χ0) is 18.2. The van der Waals surface area contributed by atoms with E-state index in [9.17, 15) is 14.0 Å². The number of benzene rings is 1. The zero-order valence-corrected chi connectivity index (χ0v) is 13.6. The Hall–Kier alpha value is -3.22. The van der Waals surface area contributed by atoms with Crippen molar-refractivity contribution < 1.29 is 18.7 Å². The third kappa shape index (κ3) is 4.63. The summed E-state index contributed by atoms with van der Waals surface area (Å²) in [5.41, 5.74) is 0.690. The molecule has 0 fully saturated rings. The van der Waals surface area contributed by atoms with Crippen LogP contribution in [-0.4, -0.2) is 46.0 Å². The van der Waals surface area contributed by atoms with E-state index in [1.165, 1.54) is 46.3 Å². The lowest BCUT2D eigenvalue weighted by molar-refractivity contribution is -0.133. The molecule has 1 aromatic heterocycles. The van der Waals surface area contributed by atoms with E-state index < -0.39 is 12.6 Å². The van der Waals surface area contributed by atoms with E-state index in [0.717, 1.165) is 0 Å². The number of imidazole rings is 1. The molecule has 130 valence electrons. The number of hydrogen-bond acceptors (Lipinski definition) is 4. The Morgan fingerprint density at radius 3 is 2.44 bits per heavy atom. The van der Waals surface area contributed by atoms with Gasteiger partial charge < -0.3 is 9.64 Å². The predicted molar refractivity (Wildman–Crippen MR) is 90.8 cm³/mol. The van der Waals surface area contributed by atoms with Crippen molar-refractivity contribution in [3.8, 4) is 5.69 Å². The average molecular weight is 343 g/mol. The van der Waals surface area contributed by atoms with Crippen molar-refractivity contribution in [3.05, 3.63) is 73.6 Å². The van der Waals surface area contributed by atoms with Gasteiger partial charge in [-0.05, 0) is 24.3 Å². The quantitative estimate of drug-likeness (QED) is 0.545. The van der Waals surface area contributed by atoms with Crippen LogP contribution in [0.2, 0.25) is 0 Å². The first-order valence-corrected chi connectivity index (χ1v) is 7.51. The fourth-order valence-corrected chi connectivity index (χ4v) is 2.14. The highest BCUT2D eigenvalue weighted by Gasteiger charge is 2.18. The molecule has 6 nitrogen and oxygen atoms in total. The monoisotopic (exact) mass is 343 g/mol. The molecule has 0 spiro atoms. The van der Waals surface area contributed by atoms with Gasteiger partial charge in [0, 0.05) is 18.8 Å². The summed E-state index contributed by atoms with van der Waals surface area (Å²) < 4.78 is 19.6. The van der Waals surface area contributed by atoms with E-state index in [0.29, 0.717) is 18.8 Å². The maximum Gasteiger partial charge on any atom is 0.357 e. The Balaban J connectivity index is 2.06. The standard InChI is InChI=1S/C18H18FN3O3/c1-3-9-21(10-4-2)17(23)12-25-18(24)16-11-20-13-22(16)15-7-5-14(19)6-8-15/h3-8,11,13H,1-2,9-10,12H2. The first-order chi connectivity index (χ1) is 12.1. The minimum atomic E-state index is -0.702. The number of hydrogen-bond donors (Lipinski definition) is 0. The molecule has 1 amide bonds. The second-order valence-corrected chi connectivity index (χ2v) is 5.08. The first-order valence-electron chi connectivity index (χ1n) is 7.51. The fourth-order valence-electron chi connectivity index (χ4n) is 2.14. The molecule has 0 saturated heterocycles. The van der Waals surface area contributed by atoms with Crippen LogP contribution in [0.4, 0.5) is 4.39 Å². The Kier molecular flexibility index (Phi) is 6.22. The minimum absolute atomic E-state index is 0.137. The third-order valence-corrected chi connectivity index (χ3v) is 3.33. The van der Waals surface area contributed by atoms with Gasteiger partial charge in [0.1, 0.15) is 5.82 Å². The van der Waals surface area contributed by atoms with Gasteiger partial charge in [-0.25, -0.2) is 14.2 Å². The maximum absolute atomic E-state index is 13.0. The molecule has 0 aliphatic rings. The van der Waals surface area contributed by atoms with E-state index >= 15 is 0 Å². The molecule has 7 heteroatoms. The van der Waals surface area contributed by atoms with Gasteiger partial charge >= 0.3 is 5.97 Å². The molecular formula is C18H18FN3O3. The van der Waals surface area contributed by atoms with E-state index in [2.05, 4.69) is 18.1 Å². The minimum Gasteiger partial charge on any atom is -0.451 e. The Morgan fingerprint density at radius 2 is 1.84 bits per heavy atom. The van der Waals surface area contributed by atoms with E-state index in [4.69, 9.17) is 4.74 Å². The highest BCUT2D eigenvalue weighted by molar-refractivity contribution is 5.90. The summed E-state index contributed by atoms with van der Waals surface area (Å²) in [6.45, 7) is 7.41. The highest BCUT2D eigenvalue weighted by Crippen LogP contribution is 2.13. The summed E-state index contributed by atoms with van der Waals surface area (Å²) in [5, 5.41) is 0. The molecule has 1 aromatic carbocycles. The fraction of sp³-hybridized carbons (Fsp3) is 0.167. The van der Waals surface area contributed by atoms with Gasteiger partial charge in [-0.2, -0.15) is 0 Å². The van der Waals surface area contributed by atoms with Crippen molar-refractivity contribution >= 4 is 11.9 Å². The summed E-state index contributed by atoms with van der Waals surface area (Å²) in [7, 11) is 0. The predicted octanol–water partition coefficient (Wildman–Crippen LogP) is 2.37. The normalized spacial score (nSPS) is 10.1.